The Kier molecular flexibility index (Phi) is 14.0. The number of amides is 4. The van der Waals surface area contributed by atoms with E-state index in [1.165, 1.54) is 38.5 Å². The lowest BCUT2D eigenvalue weighted by Crippen LogP contribution is -2.33. The Morgan fingerprint density at radius 1 is 0.704 bits per heavy atom. The molecule has 16 heteroatoms. The first-order valence-electron chi connectivity index (χ1n) is 16.8. The number of carbonyl (C=O) groups is 2. The van der Waals surface area contributed by atoms with Crippen molar-refractivity contribution in [3.8, 4) is 23.6 Å². The number of benzene rings is 4. The third-order valence-corrected chi connectivity index (χ3v) is 8.55. The minimum Gasteiger partial charge on any atom is -0.495 e. The van der Waals surface area contributed by atoms with Gasteiger partial charge in [-0.1, -0.05) is 23.7 Å². The highest BCUT2D eigenvalue weighted by Gasteiger charge is 2.19. The van der Waals surface area contributed by atoms with Crippen molar-refractivity contribution in [3.05, 3.63) is 106 Å². The first kappa shape index (κ1) is 39.3. The van der Waals surface area contributed by atoms with E-state index in [1.54, 1.807) is 42.5 Å². The van der Waals surface area contributed by atoms with Gasteiger partial charge in [-0.3, -0.25) is 0 Å². The molecule has 0 spiro atoms. The van der Waals surface area contributed by atoms with Gasteiger partial charge in [-0.2, -0.15) is 10.5 Å². The van der Waals surface area contributed by atoms with E-state index in [2.05, 4.69) is 31.9 Å². The zero-order chi connectivity index (χ0) is 38.5. The first-order chi connectivity index (χ1) is 26.2. The third kappa shape index (κ3) is 10.6. The molecule has 4 aromatic carbocycles. The predicted octanol–water partition coefficient (Wildman–Crippen LogP) is 6.54. The lowest BCUT2D eigenvalue weighted by Gasteiger charge is -2.24. The average Bonchev–Trinajstić information content (AvgIpc) is 3.20. The Morgan fingerprint density at radius 2 is 1.17 bits per heavy atom. The van der Waals surface area contributed by atoms with E-state index in [4.69, 9.17) is 41.1 Å². The topological polar surface area (TPSA) is 191 Å². The van der Waals surface area contributed by atoms with Gasteiger partial charge in [0.1, 0.15) is 17.3 Å². The van der Waals surface area contributed by atoms with Crippen molar-refractivity contribution in [2.45, 2.75) is 12.2 Å². The van der Waals surface area contributed by atoms with Crippen molar-refractivity contribution in [1.29, 1.82) is 10.5 Å². The quantitative estimate of drug-likeness (QED) is 0.115. The number of nitrogens with zero attached hydrogens (tertiary/aromatic N) is 2. The molecular formula is C38H38ClFN8O6. The number of methoxy groups -OCH3 is 2. The summed E-state index contributed by atoms with van der Waals surface area (Å²) in [6.45, 7) is 4.16. The fraction of sp³-hybridized carbons (Fsp3) is 0.263. The van der Waals surface area contributed by atoms with E-state index in [-0.39, 0.29) is 17.9 Å². The second-order valence-corrected chi connectivity index (χ2v) is 12.2. The Hall–Kier alpha value is -5.94. The van der Waals surface area contributed by atoms with Crippen molar-refractivity contribution < 1.29 is 32.9 Å². The average molecular weight is 757 g/mol. The van der Waals surface area contributed by atoms with Crippen LogP contribution in [0.4, 0.5) is 36.7 Å². The molecule has 0 radical (unpaired) electrons. The van der Waals surface area contributed by atoms with Crippen molar-refractivity contribution in [3.63, 3.8) is 0 Å². The second kappa shape index (κ2) is 19.2. The number of urea groups is 2. The Labute approximate surface area is 316 Å². The summed E-state index contributed by atoms with van der Waals surface area (Å²) in [7, 11) is 2.94. The number of nitrogens with one attached hydrogen (secondary N) is 6. The van der Waals surface area contributed by atoms with E-state index in [9.17, 15) is 14.0 Å². The molecule has 2 saturated heterocycles. The molecule has 2 atom stereocenters. The number of nitriles is 2. The van der Waals surface area contributed by atoms with Crippen LogP contribution < -0.4 is 41.4 Å². The third-order valence-electron chi connectivity index (χ3n) is 8.24. The molecule has 2 fully saturated rings. The van der Waals surface area contributed by atoms with Crippen LogP contribution >= 0.6 is 11.6 Å². The number of rotatable bonds is 8. The molecule has 6 N–H and O–H groups in total. The van der Waals surface area contributed by atoms with Gasteiger partial charge in [0, 0.05) is 26.2 Å². The number of halogens is 2. The fourth-order valence-electron chi connectivity index (χ4n) is 5.53. The molecule has 14 nitrogen and oxygen atoms in total. The summed E-state index contributed by atoms with van der Waals surface area (Å²) >= 11 is 6.32. The molecule has 54 heavy (non-hydrogen) atoms. The van der Waals surface area contributed by atoms with Crippen LogP contribution in [-0.2, 0) is 9.47 Å². The molecule has 2 aliphatic rings. The first-order valence-corrected chi connectivity index (χ1v) is 17.1. The van der Waals surface area contributed by atoms with Gasteiger partial charge in [0.15, 0.2) is 0 Å². The number of carbonyl (C=O) groups excluding carboxylic acids is 2. The molecule has 2 aliphatic heterocycles. The van der Waals surface area contributed by atoms with Crippen molar-refractivity contribution in [1.82, 2.24) is 10.6 Å². The zero-order valence-electron chi connectivity index (χ0n) is 29.4. The number of morpholine rings is 2. The molecule has 4 amide bonds. The van der Waals surface area contributed by atoms with Gasteiger partial charge in [-0.05, 0) is 71.8 Å². The van der Waals surface area contributed by atoms with Gasteiger partial charge in [-0.25, -0.2) is 14.0 Å². The maximum Gasteiger partial charge on any atom is 0.323 e. The summed E-state index contributed by atoms with van der Waals surface area (Å²) in [6.07, 6.45) is -0.272. The van der Waals surface area contributed by atoms with Gasteiger partial charge in [-0.15, -0.1) is 0 Å². The van der Waals surface area contributed by atoms with Gasteiger partial charge in [0.25, 0.3) is 0 Å². The van der Waals surface area contributed by atoms with Crippen LogP contribution in [0, 0.1) is 28.5 Å². The Bertz CT molecular complexity index is 1900. The summed E-state index contributed by atoms with van der Waals surface area (Å²) in [5, 5.41) is 35.2. The van der Waals surface area contributed by atoms with Crippen LogP contribution in [0.1, 0.15) is 34.5 Å². The number of hydrogen-bond acceptors (Lipinski definition) is 10. The van der Waals surface area contributed by atoms with Gasteiger partial charge >= 0.3 is 12.1 Å². The summed E-state index contributed by atoms with van der Waals surface area (Å²) in [5.74, 6) is 0.282. The van der Waals surface area contributed by atoms with Crippen LogP contribution in [0.3, 0.4) is 0 Å². The minimum atomic E-state index is -0.648. The predicted molar refractivity (Wildman–Crippen MR) is 202 cm³/mol. The molecule has 0 saturated carbocycles. The number of hydrogen-bond donors (Lipinski definition) is 6. The molecule has 280 valence electrons. The summed E-state index contributed by atoms with van der Waals surface area (Å²) in [5.41, 5.74) is 3.64. The van der Waals surface area contributed by atoms with Crippen molar-refractivity contribution in [2.24, 2.45) is 0 Å². The lowest BCUT2D eigenvalue weighted by molar-refractivity contribution is 0.0275. The van der Waals surface area contributed by atoms with Gasteiger partial charge in [0.05, 0.1) is 90.7 Å². The lowest BCUT2D eigenvalue weighted by atomic mass is 10.1. The monoisotopic (exact) mass is 756 g/mol. The minimum absolute atomic E-state index is 0.0374. The summed E-state index contributed by atoms with van der Waals surface area (Å²) < 4.78 is 36.0. The van der Waals surface area contributed by atoms with Crippen LogP contribution in [0.5, 0.6) is 11.5 Å². The van der Waals surface area contributed by atoms with E-state index in [0.717, 1.165) is 25.2 Å². The number of anilines is 4. The molecule has 0 aliphatic carbocycles. The molecule has 0 unspecified atom stereocenters. The van der Waals surface area contributed by atoms with Crippen LogP contribution in [0.2, 0.25) is 5.02 Å². The normalized spacial score (nSPS) is 16.3. The van der Waals surface area contributed by atoms with Gasteiger partial charge < -0.3 is 50.8 Å². The zero-order valence-corrected chi connectivity index (χ0v) is 30.2. The Morgan fingerprint density at radius 3 is 1.59 bits per heavy atom. The van der Waals surface area contributed by atoms with E-state index < -0.39 is 17.9 Å². The van der Waals surface area contributed by atoms with Gasteiger partial charge in [0.2, 0.25) is 0 Å². The van der Waals surface area contributed by atoms with Crippen LogP contribution in [-0.4, -0.2) is 65.7 Å². The summed E-state index contributed by atoms with van der Waals surface area (Å²) in [6, 6.07) is 22.2. The highest BCUT2D eigenvalue weighted by Crippen LogP contribution is 2.30. The standard InChI is InChI=1S/C19H19ClN4O3.C19H19FN4O3/c2*1-26-17-5-2-12(10-21)8-16(17)24-19(25)23-15-4-3-13(9-14(15)20)18-11-22-6-7-27-18/h2*2-5,8-9,18,22H,6-7,11H2,1H3,(H2,23,24,25)/t2*18-/m00/s1. The maximum atomic E-state index is 14.4. The van der Waals surface area contributed by atoms with E-state index in [0.29, 0.717) is 70.0 Å². The molecule has 0 aromatic heterocycles. The highest BCUT2D eigenvalue weighted by atomic mass is 35.5. The molecule has 2 heterocycles. The summed E-state index contributed by atoms with van der Waals surface area (Å²) in [4.78, 5) is 24.6. The van der Waals surface area contributed by atoms with E-state index in [1.807, 2.05) is 18.2 Å². The molecule has 6 rings (SSSR count). The largest absolute Gasteiger partial charge is 0.495 e. The molecule has 0 bridgehead atoms. The van der Waals surface area contributed by atoms with Crippen LogP contribution in [0.25, 0.3) is 0 Å². The molecular weight excluding hydrogens is 719 g/mol. The van der Waals surface area contributed by atoms with Crippen LogP contribution in [0.15, 0.2) is 72.8 Å². The number of ether oxygens (including phenoxy) is 4. The van der Waals surface area contributed by atoms with Crippen molar-refractivity contribution >= 4 is 46.4 Å². The van der Waals surface area contributed by atoms with Crippen molar-refractivity contribution in [2.75, 3.05) is 74.9 Å². The Balaban J connectivity index is 0.000000208. The maximum absolute atomic E-state index is 14.4. The van der Waals surface area contributed by atoms with E-state index >= 15 is 0 Å². The fourth-order valence-corrected chi connectivity index (χ4v) is 5.76. The SMILES string of the molecule is COc1ccc(C#N)cc1NC(=O)Nc1ccc([C@@H]2CNCCO2)cc1Cl.COc1ccc(C#N)cc1NC(=O)Nc1ccc([C@@H]2CNCCO2)cc1F. The second-order valence-electron chi connectivity index (χ2n) is 11.8. The smallest absolute Gasteiger partial charge is 0.323 e. The highest BCUT2D eigenvalue weighted by molar-refractivity contribution is 6.33. The molecule has 4 aromatic rings.